The summed E-state index contributed by atoms with van der Waals surface area (Å²) in [5, 5.41) is 3.63. The van der Waals surface area contributed by atoms with Crippen LogP contribution in [0, 0.1) is 6.92 Å². The van der Waals surface area contributed by atoms with Gasteiger partial charge in [0.1, 0.15) is 5.71 Å². The zero-order valence-electron chi connectivity index (χ0n) is 17.2. The number of oxime groups is 1. The van der Waals surface area contributed by atoms with Crippen LogP contribution in [0.4, 0.5) is 26.3 Å². The molecule has 1 aliphatic rings. The second kappa shape index (κ2) is 7.53. The van der Waals surface area contributed by atoms with Gasteiger partial charge in [0.05, 0.1) is 35.9 Å². The maximum absolute atomic E-state index is 14.3. The second-order valence-electron chi connectivity index (χ2n) is 7.60. The predicted octanol–water partition coefficient (Wildman–Crippen LogP) is 5.64. The van der Waals surface area contributed by atoms with Crippen LogP contribution < -0.4 is 0 Å². The summed E-state index contributed by atoms with van der Waals surface area (Å²) in [4.78, 5) is 16.9. The molecule has 0 amide bonds. The lowest BCUT2D eigenvalue weighted by molar-refractivity contribution is -0.276. The number of carbonyl (C=O) groups is 1. The molecule has 3 aromatic rings. The summed E-state index contributed by atoms with van der Waals surface area (Å²) in [6, 6.07) is 8.11. The number of aromatic nitrogens is 1. The van der Waals surface area contributed by atoms with Crippen LogP contribution in [0.1, 0.15) is 39.2 Å². The number of aryl methyl sites for hydroxylation is 1. The SMILES string of the molecule is COC(=O)c1ccc(C2=NOC(c3cc(C)cc(C(F)(F)F)c3)(C(F)(F)F)C2)n2cccc12. The summed E-state index contributed by atoms with van der Waals surface area (Å²) in [5.41, 5.74) is -4.42. The van der Waals surface area contributed by atoms with Gasteiger partial charge in [-0.3, -0.25) is 0 Å². The van der Waals surface area contributed by atoms with E-state index in [1.54, 1.807) is 12.1 Å². The van der Waals surface area contributed by atoms with E-state index < -0.39 is 41.5 Å². The van der Waals surface area contributed by atoms with E-state index in [9.17, 15) is 31.1 Å². The van der Waals surface area contributed by atoms with Crippen molar-refractivity contribution in [3.05, 3.63) is 76.6 Å². The van der Waals surface area contributed by atoms with E-state index in [0.717, 1.165) is 12.1 Å². The van der Waals surface area contributed by atoms with Gasteiger partial charge in [-0.15, -0.1) is 0 Å². The largest absolute Gasteiger partial charge is 0.465 e. The Bertz CT molecular complexity index is 1280. The first-order valence-corrected chi connectivity index (χ1v) is 9.57. The fourth-order valence-electron chi connectivity index (χ4n) is 3.88. The minimum Gasteiger partial charge on any atom is -0.465 e. The van der Waals surface area contributed by atoms with Crippen molar-refractivity contribution in [1.29, 1.82) is 0 Å². The summed E-state index contributed by atoms with van der Waals surface area (Å²) in [5.74, 6) is -0.640. The van der Waals surface area contributed by atoms with E-state index in [2.05, 4.69) is 5.16 Å². The van der Waals surface area contributed by atoms with Gasteiger partial charge in [-0.1, -0.05) is 16.8 Å². The van der Waals surface area contributed by atoms with Crippen molar-refractivity contribution >= 4 is 17.2 Å². The van der Waals surface area contributed by atoms with Gasteiger partial charge in [-0.2, -0.15) is 26.3 Å². The normalized spacial score (nSPS) is 18.8. The Balaban J connectivity index is 1.82. The van der Waals surface area contributed by atoms with Gasteiger partial charge < -0.3 is 14.0 Å². The standard InChI is InChI=1S/C22H16F6N2O3/c1-12-8-13(10-14(9-12)21(23,24)25)20(22(26,27)28)11-16(29-33-20)18-6-5-15(19(31)32-2)17-4-3-7-30(17)18/h3-10H,11H2,1-2H3. The first-order chi connectivity index (χ1) is 15.4. The Labute approximate surface area is 183 Å². The number of hydrogen-bond donors (Lipinski definition) is 0. The Morgan fingerprint density at radius 3 is 2.48 bits per heavy atom. The maximum atomic E-state index is 14.3. The minimum absolute atomic E-state index is 0.00395. The molecule has 5 nitrogen and oxygen atoms in total. The lowest BCUT2D eigenvalue weighted by Gasteiger charge is -2.30. The molecular weight excluding hydrogens is 454 g/mol. The van der Waals surface area contributed by atoms with Crippen LogP contribution in [-0.2, 0) is 21.4 Å². The number of fused-ring (bicyclic) bond motifs is 1. The van der Waals surface area contributed by atoms with Crippen molar-refractivity contribution in [3.63, 3.8) is 0 Å². The van der Waals surface area contributed by atoms with Crippen LogP contribution in [0.15, 0.2) is 53.8 Å². The van der Waals surface area contributed by atoms with E-state index in [4.69, 9.17) is 9.57 Å². The number of hydrogen-bond acceptors (Lipinski definition) is 4. The number of pyridine rings is 1. The van der Waals surface area contributed by atoms with Crippen molar-refractivity contribution < 1.29 is 40.7 Å². The number of benzene rings is 1. The van der Waals surface area contributed by atoms with E-state index in [-0.39, 0.29) is 22.5 Å². The third kappa shape index (κ3) is 3.70. The molecule has 0 saturated heterocycles. The molecule has 4 rings (SSSR count). The Kier molecular flexibility index (Phi) is 5.18. The summed E-state index contributed by atoms with van der Waals surface area (Å²) < 4.78 is 88.8. The molecule has 0 bridgehead atoms. The van der Waals surface area contributed by atoms with Gasteiger partial charge in [0, 0.05) is 11.8 Å². The zero-order valence-corrected chi connectivity index (χ0v) is 17.2. The highest BCUT2D eigenvalue weighted by Crippen LogP contribution is 2.50. The summed E-state index contributed by atoms with van der Waals surface area (Å²) in [6.45, 7) is 1.27. The van der Waals surface area contributed by atoms with Crippen LogP contribution in [0.3, 0.4) is 0 Å². The third-order valence-electron chi connectivity index (χ3n) is 5.45. The van der Waals surface area contributed by atoms with Gasteiger partial charge in [0.15, 0.2) is 0 Å². The molecule has 33 heavy (non-hydrogen) atoms. The van der Waals surface area contributed by atoms with Crippen LogP contribution in [0.25, 0.3) is 5.52 Å². The molecular formula is C22H16F6N2O3. The molecule has 3 heterocycles. The number of alkyl halides is 6. The summed E-state index contributed by atoms with van der Waals surface area (Å²) >= 11 is 0. The molecule has 1 atom stereocenters. The van der Waals surface area contributed by atoms with Crippen LogP contribution >= 0.6 is 0 Å². The quantitative estimate of drug-likeness (QED) is 0.368. The van der Waals surface area contributed by atoms with E-state index in [0.29, 0.717) is 11.6 Å². The molecule has 0 spiro atoms. The molecule has 2 aromatic heterocycles. The molecule has 174 valence electrons. The molecule has 0 N–H and O–H groups in total. The molecule has 0 fully saturated rings. The molecule has 0 aliphatic carbocycles. The van der Waals surface area contributed by atoms with Crippen LogP contribution in [0.5, 0.6) is 0 Å². The highest BCUT2D eigenvalue weighted by atomic mass is 19.4. The second-order valence-corrected chi connectivity index (χ2v) is 7.60. The molecule has 0 saturated carbocycles. The fraction of sp³-hybridized carbons (Fsp3) is 0.273. The van der Waals surface area contributed by atoms with E-state index in [1.165, 1.54) is 36.8 Å². The van der Waals surface area contributed by atoms with Crippen LogP contribution in [0.2, 0.25) is 0 Å². The zero-order chi connectivity index (χ0) is 24.2. The molecule has 1 aliphatic heterocycles. The lowest BCUT2D eigenvalue weighted by Crippen LogP contribution is -2.43. The Morgan fingerprint density at radius 2 is 1.85 bits per heavy atom. The lowest BCUT2D eigenvalue weighted by atomic mass is 9.85. The highest BCUT2D eigenvalue weighted by Gasteiger charge is 2.62. The molecule has 0 radical (unpaired) electrons. The number of ether oxygens (including phenoxy) is 1. The van der Waals surface area contributed by atoms with Gasteiger partial charge in [-0.25, -0.2) is 4.79 Å². The average molecular weight is 470 g/mol. The van der Waals surface area contributed by atoms with Crippen molar-refractivity contribution in [2.24, 2.45) is 5.16 Å². The fourth-order valence-corrected chi connectivity index (χ4v) is 3.88. The molecule has 1 unspecified atom stereocenters. The molecule has 11 heteroatoms. The first kappa shape index (κ1) is 22.7. The van der Waals surface area contributed by atoms with Crippen LogP contribution in [-0.4, -0.2) is 29.4 Å². The molecule has 1 aromatic carbocycles. The van der Waals surface area contributed by atoms with E-state index in [1.807, 2.05) is 0 Å². The van der Waals surface area contributed by atoms with Gasteiger partial charge in [0.2, 0.25) is 0 Å². The van der Waals surface area contributed by atoms with Gasteiger partial charge in [-0.05, 0) is 43.3 Å². The minimum atomic E-state index is -5.07. The highest BCUT2D eigenvalue weighted by molar-refractivity contribution is 6.03. The van der Waals surface area contributed by atoms with Gasteiger partial charge in [0.25, 0.3) is 5.60 Å². The maximum Gasteiger partial charge on any atom is 0.435 e. The number of rotatable bonds is 3. The first-order valence-electron chi connectivity index (χ1n) is 9.57. The number of nitrogens with zero attached hydrogens (tertiary/aromatic N) is 2. The predicted molar refractivity (Wildman–Crippen MR) is 105 cm³/mol. The van der Waals surface area contributed by atoms with E-state index >= 15 is 0 Å². The topological polar surface area (TPSA) is 52.3 Å². The number of halogens is 6. The number of esters is 1. The van der Waals surface area contributed by atoms with Crippen molar-refractivity contribution in [1.82, 2.24) is 4.40 Å². The smallest absolute Gasteiger partial charge is 0.435 e. The van der Waals surface area contributed by atoms with Crippen molar-refractivity contribution in [3.8, 4) is 0 Å². The Hall–Kier alpha value is -3.50. The third-order valence-corrected chi connectivity index (χ3v) is 5.45. The summed E-state index contributed by atoms with van der Waals surface area (Å²) in [6.07, 6.45) is -9.25. The summed E-state index contributed by atoms with van der Waals surface area (Å²) in [7, 11) is 1.19. The monoisotopic (exact) mass is 470 g/mol. The number of methoxy groups -OCH3 is 1. The van der Waals surface area contributed by atoms with Crippen molar-refractivity contribution in [2.75, 3.05) is 7.11 Å². The Morgan fingerprint density at radius 1 is 1.12 bits per heavy atom. The van der Waals surface area contributed by atoms with Crippen molar-refractivity contribution in [2.45, 2.75) is 31.3 Å². The average Bonchev–Trinajstić information content (AvgIpc) is 3.39. The number of carbonyl (C=O) groups excluding carboxylic acids is 1. The van der Waals surface area contributed by atoms with Gasteiger partial charge >= 0.3 is 18.3 Å².